The van der Waals surface area contributed by atoms with Gasteiger partial charge in [-0.25, -0.2) is 10.5 Å². The molecule has 0 spiro atoms. The number of ether oxygens (including phenoxy) is 1. The number of anilines is 2. The summed E-state index contributed by atoms with van der Waals surface area (Å²) in [5.41, 5.74) is 11.2. The zero-order chi connectivity index (χ0) is 18.2. The predicted octanol–water partition coefficient (Wildman–Crippen LogP) is 3.48. The van der Waals surface area contributed by atoms with Crippen LogP contribution in [-0.2, 0) is 0 Å². The van der Waals surface area contributed by atoms with E-state index in [9.17, 15) is 0 Å². The predicted molar refractivity (Wildman–Crippen MR) is 109 cm³/mol. The third-order valence-electron chi connectivity index (χ3n) is 4.41. The summed E-state index contributed by atoms with van der Waals surface area (Å²) in [6.45, 7) is 0. The maximum Gasteiger partial charge on any atom is 0.170 e. The molecule has 1 aliphatic rings. The summed E-state index contributed by atoms with van der Waals surface area (Å²) < 4.78 is 6.52. The van der Waals surface area contributed by atoms with Crippen LogP contribution in [0.2, 0.25) is 0 Å². The molecule has 0 fully saturated rings. The van der Waals surface area contributed by atoms with E-state index in [1.807, 2.05) is 36.4 Å². The van der Waals surface area contributed by atoms with Crippen molar-refractivity contribution in [3.8, 4) is 5.75 Å². The van der Waals surface area contributed by atoms with E-state index in [-0.39, 0.29) is 0 Å². The molecule has 0 unspecified atom stereocenters. The van der Waals surface area contributed by atoms with Crippen molar-refractivity contribution in [2.75, 3.05) is 12.4 Å². The Bertz CT molecular complexity index is 1190. The van der Waals surface area contributed by atoms with Crippen molar-refractivity contribution in [2.45, 2.75) is 0 Å². The highest BCUT2D eigenvalue weighted by Crippen LogP contribution is 2.35. The fourth-order valence-corrected chi connectivity index (χ4v) is 4.05. The second-order valence-electron chi connectivity index (χ2n) is 6.03. The second kappa shape index (κ2) is 6.42. The standard InChI is InChI=1S/C19H16N6OS/c1-26-13-4-2-3-12(10-13)20-19-15-7-8-27-17(15)14-6-5-11(9-16(14)21-19)18-22-24-25-23-18/h2-10,24-25H,1H3,(H,20,21)(H,22,23). The van der Waals surface area contributed by atoms with Gasteiger partial charge in [0.1, 0.15) is 11.6 Å². The summed E-state index contributed by atoms with van der Waals surface area (Å²) in [7, 11) is 1.66. The van der Waals surface area contributed by atoms with E-state index in [4.69, 9.17) is 9.72 Å². The Morgan fingerprint density at radius 2 is 2.04 bits per heavy atom. The molecule has 8 heteroatoms. The van der Waals surface area contributed by atoms with Crippen LogP contribution in [0.25, 0.3) is 21.0 Å². The Morgan fingerprint density at radius 1 is 1.07 bits per heavy atom. The number of hydrazone groups is 1. The lowest BCUT2D eigenvalue weighted by atomic mass is 10.1. The molecule has 0 radical (unpaired) electrons. The first kappa shape index (κ1) is 15.9. The molecule has 2 aromatic heterocycles. The van der Waals surface area contributed by atoms with Crippen LogP contribution in [-0.4, -0.2) is 17.9 Å². The first-order valence-electron chi connectivity index (χ1n) is 8.38. The van der Waals surface area contributed by atoms with E-state index in [0.29, 0.717) is 0 Å². The number of amidine groups is 1. The van der Waals surface area contributed by atoms with Crippen molar-refractivity contribution in [1.82, 2.24) is 21.5 Å². The fourth-order valence-electron chi connectivity index (χ4n) is 3.12. The van der Waals surface area contributed by atoms with Gasteiger partial charge in [-0.15, -0.1) is 22.0 Å². The van der Waals surface area contributed by atoms with Gasteiger partial charge >= 0.3 is 0 Å². The summed E-state index contributed by atoms with van der Waals surface area (Å²) in [5.74, 6) is 2.35. The van der Waals surface area contributed by atoms with E-state index in [1.54, 1.807) is 18.4 Å². The lowest BCUT2D eigenvalue weighted by Gasteiger charge is -2.11. The van der Waals surface area contributed by atoms with Gasteiger partial charge < -0.3 is 10.1 Å². The van der Waals surface area contributed by atoms with Gasteiger partial charge in [0, 0.05) is 32.8 Å². The molecule has 0 saturated carbocycles. The molecule has 4 aromatic rings. The number of rotatable bonds is 4. The van der Waals surface area contributed by atoms with Gasteiger partial charge in [-0.05, 0) is 29.6 Å². The number of fused-ring (bicyclic) bond motifs is 3. The van der Waals surface area contributed by atoms with Crippen LogP contribution in [0.1, 0.15) is 5.56 Å². The minimum Gasteiger partial charge on any atom is -0.497 e. The molecule has 0 bridgehead atoms. The molecule has 0 amide bonds. The number of pyridine rings is 1. The lowest BCUT2D eigenvalue weighted by molar-refractivity contribution is 0.415. The average molecular weight is 376 g/mol. The minimum atomic E-state index is 0.729. The first-order valence-corrected chi connectivity index (χ1v) is 9.26. The molecule has 0 aliphatic carbocycles. The number of aromatic nitrogens is 1. The molecule has 0 saturated heterocycles. The van der Waals surface area contributed by atoms with Crippen LogP contribution in [0.3, 0.4) is 0 Å². The Labute approximate surface area is 159 Å². The van der Waals surface area contributed by atoms with E-state index in [2.05, 4.69) is 44.4 Å². The molecule has 5 rings (SSSR count). The molecular formula is C19H16N6OS. The number of hydrogen-bond donors (Lipinski definition) is 4. The SMILES string of the molecule is COc1cccc(Nc2nc3cc(C4=NNNN4)ccc3c3sccc23)c1. The van der Waals surface area contributed by atoms with E-state index in [1.165, 1.54) is 4.70 Å². The Morgan fingerprint density at radius 3 is 2.89 bits per heavy atom. The van der Waals surface area contributed by atoms with Crippen LogP contribution >= 0.6 is 11.3 Å². The smallest absolute Gasteiger partial charge is 0.170 e. The summed E-state index contributed by atoms with van der Waals surface area (Å²) in [5, 5.41) is 11.9. The maximum absolute atomic E-state index is 5.32. The van der Waals surface area contributed by atoms with Crippen molar-refractivity contribution in [1.29, 1.82) is 0 Å². The number of nitrogens with one attached hydrogen (secondary N) is 4. The molecule has 0 atom stereocenters. The van der Waals surface area contributed by atoms with Gasteiger partial charge in [-0.1, -0.05) is 18.2 Å². The van der Waals surface area contributed by atoms with Crippen molar-refractivity contribution in [3.05, 3.63) is 59.5 Å². The van der Waals surface area contributed by atoms with Gasteiger partial charge in [-0.2, -0.15) is 0 Å². The summed E-state index contributed by atoms with van der Waals surface area (Å²) in [6, 6.07) is 16.1. The van der Waals surface area contributed by atoms with E-state index >= 15 is 0 Å². The monoisotopic (exact) mass is 376 g/mol. The normalized spacial score (nSPS) is 13.3. The molecular weight excluding hydrogens is 360 g/mol. The highest BCUT2D eigenvalue weighted by Gasteiger charge is 2.13. The van der Waals surface area contributed by atoms with Gasteiger partial charge in [-0.3, -0.25) is 5.43 Å². The number of methoxy groups -OCH3 is 1. The number of hydrazine groups is 2. The van der Waals surface area contributed by atoms with Crippen molar-refractivity contribution < 1.29 is 4.74 Å². The Balaban J connectivity index is 1.64. The highest BCUT2D eigenvalue weighted by atomic mass is 32.1. The Hall–Kier alpha value is -3.36. The molecule has 134 valence electrons. The number of nitrogens with zero attached hydrogens (tertiary/aromatic N) is 2. The number of benzene rings is 2. The van der Waals surface area contributed by atoms with E-state index < -0.39 is 0 Å². The molecule has 27 heavy (non-hydrogen) atoms. The zero-order valence-electron chi connectivity index (χ0n) is 14.4. The minimum absolute atomic E-state index is 0.729. The average Bonchev–Trinajstić information content (AvgIpc) is 3.40. The summed E-state index contributed by atoms with van der Waals surface area (Å²) >= 11 is 1.71. The molecule has 1 aliphatic heterocycles. The van der Waals surface area contributed by atoms with Crippen LogP contribution in [0.15, 0.2) is 59.0 Å². The number of thiophene rings is 1. The fraction of sp³-hybridized carbons (Fsp3) is 0.0526. The van der Waals surface area contributed by atoms with Crippen LogP contribution in [0.4, 0.5) is 11.5 Å². The molecule has 4 N–H and O–H groups in total. The first-order chi connectivity index (χ1) is 13.3. The summed E-state index contributed by atoms with van der Waals surface area (Å²) in [6.07, 6.45) is 0. The van der Waals surface area contributed by atoms with Crippen LogP contribution in [0, 0.1) is 0 Å². The van der Waals surface area contributed by atoms with Crippen molar-refractivity contribution >= 4 is 49.7 Å². The Kier molecular flexibility index (Phi) is 3.77. The van der Waals surface area contributed by atoms with Gasteiger partial charge in [0.05, 0.1) is 12.6 Å². The van der Waals surface area contributed by atoms with Gasteiger partial charge in [0.25, 0.3) is 0 Å². The van der Waals surface area contributed by atoms with Crippen LogP contribution < -0.4 is 26.5 Å². The summed E-state index contributed by atoms with van der Waals surface area (Å²) in [4.78, 5) is 4.89. The maximum atomic E-state index is 5.32. The topological polar surface area (TPSA) is 82.6 Å². The number of hydrogen-bond acceptors (Lipinski definition) is 8. The largest absolute Gasteiger partial charge is 0.497 e. The highest BCUT2D eigenvalue weighted by molar-refractivity contribution is 7.18. The second-order valence-corrected chi connectivity index (χ2v) is 6.95. The lowest BCUT2D eigenvalue weighted by Crippen LogP contribution is -2.35. The third kappa shape index (κ3) is 2.80. The quantitative estimate of drug-likeness (QED) is 0.437. The van der Waals surface area contributed by atoms with Crippen LogP contribution in [0.5, 0.6) is 5.75 Å². The van der Waals surface area contributed by atoms with Crippen molar-refractivity contribution in [3.63, 3.8) is 0 Å². The van der Waals surface area contributed by atoms with Gasteiger partial charge in [0.15, 0.2) is 5.84 Å². The molecule has 2 aromatic carbocycles. The zero-order valence-corrected chi connectivity index (χ0v) is 15.2. The third-order valence-corrected chi connectivity index (χ3v) is 5.35. The van der Waals surface area contributed by atoms with Crippen molar-refractivity contribution in [2.24, 2.45) is 5.10 Å². The van der Waals surface area contributed by atoms with Gasteiger partial charge in [0.2, 0.25) is 0 Å². The molecule has 7 nitrogen and oxygen atoms in total. The molecule has 3 heterocycles. The van der Waals surface area contributed by atoms with E-state index in [0.717, 1.165) is 44.9 Å².